The van der Waals surface area contributed by atoms with Gasteiger partial charge in [-0.2, -0.15) is 0 Å². The molecule has 0 spiro atoms. The molecule has 0 saturated heterocycles. The number of carbonyl (C=O) groups is 1. The van der Waals surface area contributed by atoms with E-state index in [0.29, 0.717) is 12.2 Å². The van der Waals surface area contributed by atoms with Gasteiger partial charge in [-0.05, 0) is 18.2 Å². The number of ether oxygens (including phenoxy) is 1. The molecule has 1 heterocycles. The van der Waals surface area contributed by atoms with E-state index < -0.39 is 5.97 Å². The fraction of sp³-hybridized carbons (Fsp3) is 0.0833. The first-order valence-electron chi connectivity index (χ1n) is 4.74. The maximum atomic E-state index is 10.7. The predicted molar refractivity (Wildman–Crippen MR) is 62.1 cm³/mol. The van der Waals surface area contributed by atoms with E-state index in [4.69, 9.17) is 9.84 Å². The molecule has 0 aliphatic rings. The molecule has 2 rings (SSSR count). The number of thiophene rings is 1. The topological polar surface area (TPSA) is 46.5 Å². The van der Waals surface area contributed by atoms with Crippen molar-refractivity contribution in [3.63, 3.8) is 0 Å². The zero-order chi connectivity index (χ0) is 11.4. The normalized spacial score (nSPS) is 10.0. The lowest BCUT2D eigenvalue weighted by Crippen LogP contribution is -1.94. The molecule has 0 unspecified atom stereocenters. The van der Waals surface area contributed by atoms with Crippen molar-refractivity contribution in [1.29, 1.82) is 0 Å². The van der Waals surface area contributed by atoms with Crippen LogP contribution in [-0.4, -0.2) is 11.1 Å². The molecule has 4 heteroatoms. The summed E-state index contributed by atoms with van der Waals surface area (Å²) in [6.45, 7) is 0.405. The lowest BCUT2D eigenvalue weighted by atomic mass is 10.3. The SMILES string of the molecule is O=C(O)c1csc(COc2ccccc2)c1. The Morgan fingerprint density at radius 1 is 1.31 bits per heavy atom. The van der Waals surface area contributed by atoms with Gasteiger partial charge in [0.05, 0.1) is 5.56 Å². The number of hydrogen-bond acceptors (Lipinski definition) is 3. The predicted octanol–water partition coefficient (Wildman–Crippen LogP) is 3.03. The largest absolute Gasteiger partial charge is 0.488 e. The van der Waals surface area contributed by atoms with E-state index in [1.54, 1.807) is 11.4 Å². The summed E-state index contributed by atoms with van der Waals surface area (Å²) in [5, 5.41) is 10.4. The molecule has 0 fully saturated rings. The van der Waals surface area contributed by atoms with Gasteiger partial charge in [-0.3, -0.25) is 0 Å². The third kappa shape index (κ3) is 2.61. The first-order valence-corrected chi connectivity index (χ1v) is 5.62. The first kappa shape index (κ1) is 10.7. The Hall–Kier alpha value is -1.81. The second-order valence-electron chi connectivity index (χ2n) is 3.21. The van der Waals surface area contributed by atoms with E-state index in [1.165, 1.54) is 11.3 Å². The molecule has 0 saturated carbocycles. The molecule has 2 aromatic rings. The fourth-order valence-electron chi connectivity index (χ4n) is 1.24. The van der Waals surface area contributed by atoms with Crippen LogP contribution in [0, 0.1) is 0 Å². The number of rotatable bonds is 4. The number of para-hydroxylation sites is 1. The Kier molecular flexibility index (Phi) is 3.22. The van der Waals surface area contributed by atoms with Crippen LogP contribution in [0.5, 0.6) is 5.75 Å². The van der Waals surface area contributed by atoms with Crippen LogP contribution in [0.4, 0.5) is 0 Å². The van der Waals surface area contributed by atoms with Crippen molar-refractivity contribution >= 4 is 17.3 Å². The van der Waals surface area contributed by atoms with Gasteiger partial charge in [-0.25, -0.2) is 4.79 Å². The number of hydrogen-bond donors (Lipinski definition) is 1. The minimum atomic E-state index is -0.901. The quantitative estimate of drug-likeness (QED) is 0.884. The van der Waals surface area contributed by atoms with Crippen LogP contribution in [0.2, 0.25) is 0 Å². The lowest BCUT2D eigenvalue weighted by molar-refractivity contribution is 0.0697. The zero-order valence-electron chi connectivity index (χ0n) is 8.42. The van der Waals surface area contributed by atoms with E-state index >= 15 is 0 Å². The van der Waals surface area contributed by atoms with Crippen LogP contribution in [0.25, 0.3) is 0 Å². The minimum Gasteiger partial charge on any atom is -0.488 e. The smallest absolute Gasteiger partial charge is 0.336 e. The van der Waals surface area contributed by atoms with Crippen molar-refractivity contribution in [2.45, 2.75) is 6.61 Å². The van der Waals surface area contributed by atoms with Crippen LogP contribution < -0.4 is 4.74 Å². The van der Waals surface area contributed by atoms with Gasteiger partial charge in [0.1, 0.15) is 12.4 Å². The first-order chi connectivity index (χ1) is 7.75. The highest BCUT2D eigenvalue weighted by atomic mass is 32.1. The summed E-state index contributed by atoms with van der Waals surface area (Å²) in [5.74, 6) is -0.116. The van der Waals surface area contributed by atoms with E-state index in [-0.39, 0.29) is 0 Å². The molecule has 0 radical (unpaired) electrons. The maximum absolute atomic E-state index is 10.7. The molecule has 82 valence electrons. The highest BCUT2D eigenvalue weighted by Gasteiger charge is 2.06. The van der Waals surface area contributed by atoms with Gasteiger partial charge in [0.15, 0.2) is 0 Å². The molecular formula is C12H10O3S. The molecule has 16 heavy (non-hydrogen) atoms. The molecule has 0 atom stereocenters. The van der Waals surface area contributed by atoms with Crippen molar-refractivity contribution in [3.05, 3.63) is 52.2 Å². The van der Waals surface area contributed by atoms with Crippen molar-refractivity contribution in [2.75, 3.05) is 0 Å². The summed E-state index contributed by atoms with van der Waals surface area (Å²) < 4.78 is 5.50. The maximum Gasteiger partial charge on any atom is 0.336 e. The molecular weight excluding hydrogens is 224 g/mol. The average Bonchev–Trinajstić information content (AvgIpc) is 2.76. The minimum absolute atomic E-state index is 0.316. The second-order valence-corrected chi connectivity index (χ2v) is 4.20. The Balaban J connectivity index is 1.97. The van der Waals surface area contributed by atoms with E-state index in [2.05, 4.69) is 0 Å². The summed E-state index contributed by atoms with van der Waals surface area (Å²) >= 11 is 1.39. The summed E-state index contributed by atoms with van der Waals surface area (Å²) in [5.41, 5.74) is 0.316. The zero-order valence-corrected chi connectivity index (χ0v) is 9.24. The standard InChI is InChI=1S/C12H10O3S/c13-12(14)9-6-11(16-8-9)7-15-10-4-2-1-3-5-10/h1-6,8H,7H2,(H,13,14). The molecule has 0 bridgehead atoms. The van der Waals surface area contributed by atoms with Crippen LogP contribution in [-0.2, 0) is 6.61 Å². The second kappa shape index (κ2) is 4.81. The van der Waals surface area contributed by atoms with E-state index in [9.17, 15) is 4.79 Å². The monoisotopic (exact) mass is 234 g/mol. The highest BCUT2D eigenvalue weighted by molar-refractivity contribution is 7.10. The van der Waals surface area contributed by atoms with Gasteiger partial charge in [-0.1, -0.05) is 18.2 Å². The van der Waals surface area contributed by atoms with Gasteiger partial charge in [0.2, 0.25) is 0 Å². The highest BCUT2D eigenvalue weighted by Crippen LogP contribution is 2.17. The third-order valence-corrected chi connectivity index (χ3v) is 2.94. The Morgan fingerprint density at radius 3 is 2.69 bits per heavy atom. The number of carboxylic acids is 1. The molecule has 0 amide bonds. The number of aromatic carboxylic acids is 1. The molecule has 1 aromatic carbocycles. The summed E-state index contributed by atoms with van der Waals surface area (Å²) in [4.78, 5) is 11.6. The lowest BCUT2D eigenvalue weighted by Gasteiger charge is -2.02. The van der Waals surface area contributed by atoms with Gasteiger partial charge >= 0.3 is 5.97 Å². The third-order valence-electron chi connectivity index (χ3n) is 2.03. The van der Waals surface area contributed by atoms with Crippen LogP contribution in [0.1, 0.15) is 15.2 Å². The van der Waals surface area contributed by atoms with Crippen LogP contribution >= 0.6 is 11.3 Å². The molecule has 3 nitrogen and oxygen atoms in total. The van der Waals surface area contributed by atoms with Crippen LogP contribution in [0.3, 0.4) is 0 Å². The fourth-order valence-corrected chi connectivity index (χ4v) is 2.01. The van der Waals surface area contributed by atoms with Gasteiger partial charge in [0, 0.05) is 10.3 Å². The summed E-state index contributed by atoms with van der Waals surface area (Å²) in [6.07, 6.45) is 0. The van der Waals surface area contributed by atoms with Gasteiger partial charge in [0.25, 0.3) is 0 Å². The summed E-state index contributed by atoms with van der Waals surface area (Å²) in [7, 11) is 0. The molecule has 0 aliphatic heterocycles. The van der Waals surface area contributed by atoms with Crippen molar-refractivity contribution in [1.82, 2.24) is 0 Å². The Morgan fingerprint density at radius 2 is 2.06 bits per heavy atom. The Labute approximate surface area is 96.9 Å². The van der Waals surface area contributed by atoms with E-state index in [0.717, 1.165) is 10.6 Å². The average molecular weight is 234 g/mol. The van der Waals surface area contributed by atoms with Crippen molar-refractivity contribution in [2.24, 2.45) is 0 Å². The van der Waals surface area contributed by atoms with Crippen LogP contribution in [0.15, 0.2) is 41.8 Å². The van der Waals surface area contributed by atoms with Crippen molar-refractivity contribution < 1.29 is 14.6 Å². The van der Waals surface area contributed by atoms with Gasteiger partial charge in [-0.15, -0.1) is 11.3 Å². The number of benzene rings is 1. The number of carboxylic acid groups (broad SMARTS) is 1. The molecule has 1 N–H and O–H groups in total. The van der Waals surface area contributed by atoms with Crippen molar-refractivity contribution in [3.8, 4) is 5.75 Å². The summed E-state index contributed by atoms with van der Waals surface area (Å²) in [6, 6.07) is 11.1. The molecule has 1 aromatic heterocycles. The van der Waals surface area contributed by atoms with E-state index in [1.807, 2.05) is 30.3 Å². The molecule has 0 aliphatic carbocycles. The van der Waals surface area contributed by atoms with Gasteiger partial charge < -0.3 is 9.84 Å². The Bertz CT molecular complexity index is 476.